The van der Waals surface area contributed by atoms with Gasteiger partial charge in [0.1, 0.15) is 5.75 Å². The van der Waals surface area contributed by atoms with Crippen LogP contribution in [0.4, 0.5) is 18.9 Å². The largest absolute Gasteiger partial charge is 0.481 e. The molecule has 2 aromatic rings. The van der Waals surface area contributed by atoms with Crippen molar-refractivity contribution in [2.24, 2.45) is 0 Å². The predicted octanol–water partition coefficient (Wildman–Crippen LogP) is 3.22. The van der Waals surface area contributed by atoms with Crippen LogP contribution in [0.3, 0.4) is 0 Å². The van der Waals surface area contributed by atoms with E-state index >= 15 is 0 Å². The maximum atomic E-state index is 13.5. The van der Waals surface area contributed by atoms with E-state index in [1.165, 1.54) is 6.92 Å². The van der Waals surface area contributed by atoms with Crippen molar-refractivity contribution < 1.29 is 32.3 Å². The van der Waals surface area contributed by atoms with Gasteiger partial charge in [0, 0.05) is 12.0 Å². The Bertz CT molecular complexity index is 917. The molecular weight excluding hydrogens is 389 g/mol. The molecule has 6 nitrogen and oxygen atoms in total. The Labute approximate surface area is 165 Å². The Morgan fingerprint density at radius 3 is 2.28 bits per heavy atom. The fraction of sp³-hybridized carbons (Fsp3) is 0.250. The number of anilines is 1. The van der Waals surface area contributed by atoms with Gasteiger partial charge in [-0.3, -0.25) is 14.4 Å². The van der Waals surface area contributed by atoms with Crippen LogP contribution in [0, 0.1) is 17.5 Å². The molecule has 154 valence electrons. The zero-order chi connectivity index (χ0) is 21.6. The molecule has 0 aliphatic carbocycles. The van der Waals surface area contributed by atoms with Crippen molar-refractivity contribution in [2.75, 3.05) is 11.9 Å². The first-order chi connectivity index (χ1) is 13.7. The maximum absolute atomic E-state index is 13.5. The van der Waals surface area contributed by atoms with Crippen LogP contribution in [0.25, 0.3) is 0 Å². The van der Waals surface area contributed by atoms with E-state index in [-0.39, 0.29) is 5.78 Å². The van der Waals surface area contributed by atoms with Crippen molar-refractivity contribution in [1.29, 1.82) is 0 Å². The van der Waals surface area contributed by atoms with E-state index in [1.54, 1.807) is 31.2 Å². The highest BCUT2D eigenvalue weighted by Crippen LogP contribution is 2.19. The number of carbonyl (C=O) groups excluding carboxylic acids is 3. The molecular formula is C20H19F3N2O4. The number of ether oxygens (including phenoxy) is 1. The average molecular weight is 408 g/mol. The lowest BCUT2D eigenvalue weighted by Gasteiger charge is -2.15. The molecule has 1 atom stereocenters. The molecule has 29 heavy (non-hydrogen) atoms. The van der Waals surface area contributed by atoms with E-state index in [4.69, 9.17) is 4.74 Å². The molecule has 0 fully saturated rings. The Morgan fingerprint density at radius 1 is 1.00 bits per heavy atom. The average Bonchev–Trinajstić information content (AvgIpc) is 2.72. The number of hydrogen-bond donors (Lipinski definition) is 2. The van der Waals surface area contributed by atoms with Gasteiger partial charge in [-0.25, -0.2) is 13.2 Å². The SMILES string of the molecule is CCC(=O)c1ccc(OC(C)C(=O)NCC(=O)Nc2ccc(F)c(F)c2F)cc1. The summed E-state index contributed by atoms with van der Waals surface area (Å²) in [5, 5.41) is 4.32. The summed E-state index contributed by atoms with van der Waals surface area (Å²) in [5.74, 6) is -5.75. The third-order valence-electron chi connectivity index (χ3n) is 3.91. The number of rotatable bonds is 8. The maximum Gasteiger partial charge on any atom is 0.261 e. The standard InChI is InChI=1S/C20H19F3N2O4/c1-3-16(26)12-4-6-13(7-5-12)29-11(2)20(28)24-10-17(27)25-15-9-8-14(21)18(22)19(15)23/h4-9,11H,3,10H2,1-2H3,(H,24,28)(H,25,27). The van der Waals surface area contributed by atoms with Gasteiger partial charge in [0.15, 0.2) is 29.3 Å². The zero-order valence-corrected chi connectivity index (χ0v) is 15.7. The molecule has 0 bridgehead atoms. The first-order valence-corrected chi connectivity index (χ1v) is 8.73. The van der Waals surface area contributed by atoms with Gasteiger partial charge in [-0.1, -0.05) is 6.92 Å². The summed E-state index contributed by atoms with van der Waals surface area (Å²) in [6, 6.07) is 7.79. The smallest absolute Gasteiger partial charge is 0.261 e. The number of nitrogens with one attached hydrogen (secondary N) is 2. The second kappa shape index (κ2) is 9.72. The monoisotopic (exact) mass is 408 g/mol. The number of benzene rings is 2. The summed E-state index contributed by atoms with van der Waals surface area (Å²) in [6.45, 7) is 2.67. The highest BCUT2D eigenvalue weighted by atomic mass is 19.2. The van der Waals surface area contributed by atoms with Crippen molar-refractivity contribution in [3.8, 4) is 5.75 Å². The van der Waals surface area contributed by atoms with E-state index in [0.717, 1.165) is 6.07 Å². The molecule has 0 radical (unpaired) electrons. The van der Waals surface area contributed by atoms with Crippen LogP contribution in [0.15, 0.2) is 36.4 Å². The molecule has 0 heterocycles. The van der Waals surface area contributed by atoms with Crippen LogP contribution in [0.1, 0.15) is 30.6 Å². The second-order valence-electron chi connectivity index (χ2n) is 6.05. The van der Waals surface area contributed by atoms with Crippen molar-refractivity contribution >= 4 is 23.3 Å². The Kier molecular flexibility index (Phi) is 7.35. The molecule has 0 aliphatic rings. The van der Waals surface area contributed by atoms with Crippen molar-refractivity contribution in [3.05, 3.63) is 59.4 Å². The molecule has 2 amide bonds. The van der Waals surface area contributed by atoms with Gasteiger partial charge in [0.25, 0.3) is 5.91 Å². The highest BCUT2D eigenvalue weighted by molar-refractivity contribution is 5.96. The van der Waals surface area contributed by atoms with Crippen molar-refractivity contribution in [1.82, 2.24) is 5.32 Å². The number of Topliss-reactive ketones (excluding diaryl/α,β-unsaturated/α-hetero) is 1. The van der Waals surface area contributed by atoms with Gasteiger partial charge in [-0.05, 0) is 43.3 Å². The highest BCUT2D eigenvalue weighted by Gasteiger charge is 2.18. The van der Waals surface area contributed by atoms with Crippen LogP contribution < -0.4 is 15.4 Å². The lowest BCUT2D eigenvalue weighted by molar-refractivity contribution is -0.129. The molecule has 0 saturated heterocycles. The lowest BCUT2D eigenvalue weighted by atomic mass is 10.1. The van der Waals surface area contributed by atoms with E-state index < -0.39 is 47.6 Å². The minimum atomic E-state index is -1.71. The fourth-order valence-electron chi connectivity index (χ4n) is 2.31. The third-order valence-corrected chi connectivity index (χ3v) is 3.91. The van der Waals surface area contributed by atoms with Gasteiger partial charge in [0.05, 0.1) is 12.2 Å². The molecule has 0 aliphatic heterocycles. The van der Waals surface area contributed by atoms with Gasteiger partial charge in [0.2, 0.25) is 5.91 Å². The van der Waals surface area contributed by atoms with Crippen molar-refractivity contribution in [2.45, 2.75) is 26.4 Å². The molecule has 9 heteroatoms. The first kappa shape index (κ1) is 21.9. The van der Waals surface area contributed by atoms with Crippen LogP contribution >= 0.6 is 0 Å². The van der Waals surface area contributed by atoms with Gasteiger partial charge < -0.3 is 15.4 Å². The van der Waals surface area contributed by atoms with Crippen LogP contribution in [0.2, 0.25) is 0 Å². The van der Waals surface area contributed by atoms with E-state index in [9.17, 15) is 27.6 Å². The topological polar surface area (TPSA) is 84.5 Å². The lowest BCUT2D eigenvalue weighted by Crippen LogP contribution is -2.40. The summed E-state index contributed by atoms with van der Waals surface area (Å²) < 4.78 is 45.0. The molecule has 0 saturated carbocycles. The molecule has 2 rings (SSSR count). The number of halogens is 3. The zero-order valence-electron chi connectivity index (χ0n) is 15.7. The number of amides is 2. The molecule has 1 unspecified atom stereocenters. The summed E-state index contributed by atoms with van der Waals surface area (Å²) in [4.78, 5) is 35.4. The summed E-state index contributed by atoms with van der Waals surface area (Å²) >= 11 is 0. The molecule has 0 aromatic heterocycles. The first-order valence-electron chi connectivity index (χ1n) is 8.73. The van der Waals surface area contributed by atoms with Gasteiger partial charge >= 0.3 is 0 Å². The van der Waals surface area contributed by atoms with Gasteiger partial charge in [-0.15, -0.1) is 0 Å². The number of hydrogen-bond acceptors (Lipinski definition) is 4. The fourth-order valence-corrected chi connectivity index (χ4v) is 2.31. The van der Waals surface area contributed by atoms with E-state index in [1.807, 2.05) is 5.32 Å². The minimum Gasteiger partial charge on any atom is -0.481 e. The van der Waals surface area contributed by atoms with Crippen LogP contribution in [0.5, 0.6) is 5.75 Å². The second-order valence-corrected chi connectivity index (χ2v) is 6.05. The predicted molar refractivity (Wildman–Crippen MR) is 99.1 cm³/mol. The van der Waals surface area contributed by atoms with Gasteiger partial charge in [-0.2, -0.15) is 0 Å². The molecule has 0 spiro atoms. The minimum absolute atomic E-state index is 0.0224. The Hall–Kier alpha value is -3.36. The Balaban J connectivity index is 1.86. The van der Waals surface area contributed by atoms with Crippen LogP contribution in [-0.2, 0) is 9.59 Å². The van der Waals surface area contributed by atoms with E-state index in [2.05, 4.69) is 5.32 Å². The Morgan fingerprint density at radius 2 is 1.66 bits per heavy atom. The third kappa shape index (κ3) is 5.81. The number of ketones is 1. The summed E-state index contributed by atoms with van der Waals surface area (Å²) in [7, 11) is 0. The normalized spacial score (nSPS) is 11.5. The summed E-state index contributed by atoms with van der Waals surface area (Å²) in [5.41, 5.74) is -0.0211. The molecule has 2 N–H and O–H groups in total. The molecule has 2 aromatic carbocycles. The quantitative estimate of drug-likeness (QED) is 0.519. The van der Waals surface area contributed by atoms with Crippen LogP contribution in [-0.4, -0.2) is 30.2 Å². The van der Waals surface area contributed by atoms with E-state index in [0.29, 0.717) is 23.8 Å². The number of carbonyl (C=O) groups is 3. The van der Waals surface area contributed by atoms with Crippen molar-refractivity contribution in [3.63, 3.8) is 0 Å². The summed E-state index contributed by atoms with van der Waals surface area (Å²) in [6.07, 6.45) is -0.592.